The lowest BCUT2D eigenvalue weighted by Crippen LogP contribution is -2.03. The predicted molar refractivity (Wildman–Crippen MR) is 93.0 cm³/mol. The van der Waals surface area contributed by atoms with Gasteiger partial charge in [-0.05, 0) is 25.0 Å². The second-order valence-electron chi connectivity index (χ2n) is 5.55. The monoisotopic (exact) mass is 305 g/mol. The van der Waals surface area contributed by atoms with Gasteiger partial charge >= 0.3 is 0 Å². The van der Waals surface area contributed by atoms with Crippen molar-refractivity contribution in [2.24, 2.45) is 4.99 Å². The molecule has 1 heterocycles. The fourth-order valence-electron chi connectivity index (χ4n) is 2.45. The van der Waals surface area contributed by atoms with E-state index in [1.807, 2.05) is 54.6 Å². The van der Waals surface area contributed by atoms with Crippen molar-refractivity contribution in [1.29, 1.82) is 0 Å². The third kappa shape index (κ3) is 3.89. The van der Waals surface area contributed by atoms with Gasteiger partial charge in [-0.1, -0.05) is 60.7 Å². The third-order valence-electron chi connectivity index (χ3n) is 3.64. The summed E-state index contributed by atoms with van der Waals surface area (Å²) in [6.07, 6.45) is 2.54. The molecule has 0 spiro atoms. The Balaban J connectivity index is 1.71. The summed E-state index contributed by atoms with van der Waals surface area (Å²) >= 11 is 0. The smallest absolute Gasteiger partial charge is 0.291 e. The van der Waals surface area contributed by atoms with Crippen LogP contribution in [0, 0.1) is 0 Å². The molecule has 1 N–H and O–H groups in total. The number of hydrogen-bond acceptors (Lipinski definition) is 3. The zero-order valence-electron chi connectivity index (χ0n) is 13.0. The van der Waals surface area contributed by atoms with Gasteiger partial charge in [0.25, 0.3) is 5.95 Å². The summed E-state index contributed by atoms with van der Waals surface area (Å²) in [4.78, 5) is 4.51. The van der Waals surface area contributed by atoms with E-state index in [0.717, 1.165) is 12.0 Å². The van der Waals surface area contributed by atoms with Crippen LogP contribution in [0.4, 0.5) is 0 Å². The Hall–Kier alpha value is -2.81. The number of nitrogens with zero attached hydrogens (tertiary/aromatic N) is 1. The molecule has 116 valence electrons. The zero-order chi connectivity index (χ0) is 16.1. The fraction of sp³-hybridized carbons (Fsp3) is 0.150. The molecule has 2 aromatic carbocycles. The first-order chi connectivity index (χ1) is 11.2. The first-order valence-corrected chi connectivity index (χ1v) is 7.67. The van der Waals surface area contributed by atoms with E-state index >= 15 is 0 Å². The summed E-state index contributed by atoms with van der Waals surface area (Å²) in [5.74, 6) is 0.541. The maximum atomic E-state index is 9.94. The zero-order valence-corrected chi connectivity index (χ0v) is 13.0. The standard InChI is InChI=1S/C20H19NO2/c1-15(12-16-8-4-2-5-9-16)21-14-18-13-19(23-20(18)22)17-10-6-3-7-11-17/h2-11,13-15,22H,12H2,1H3/t15-/m1/s1. The minimum Gasteiger partial charge on any atom is -0.480 e. The molecule has 0 aliphatic carbocycles. The third-order valence-corrected chi connectivity index (χ3v) is 3.64. The summed E-state index contributed by atoms with van der Waals surface area (Å²) in [6, 6.07) is 21.9. The molecule has 0 aliphatic rings. The number of aromatic hydroxyl groups is 1. The molecule has 23 heavy (non-hydrogen) atoms. The average molecular weight is 305 g/mol. The van der Waals surface area contributed by atoms with Crippen LogP contribution < -0.4 is 0 Å². The van der Waals surface area contributed by atoms with E-state index in [-0.39, 0.29) is 12.0 Å². The number of aliphatic imine (C=N–C) groups is 1. The van der Waals surface area contributed by atoms with Crippen molar-refractivity contribution in [3.05, 3.63) is 77.9 Å². The number of benzene rings is 2. The van der Waals surface area contributed by atoms with Crippen LogP contribution in [0.15, 0.2) is 76.1 Å². The summed E-state index contributed by atoms with van der Waals surface area (Å²) in [7, 11) is 0. The van der Waals surface area contributed by atoms with Gasteiger partial charge in [0, 0.05) is 11.8 Å². The van der Waals surface area contributed by atoms with Crippen molar-refractivity contribution in [3.63, 3.8) is 0 Å². The van der Waals surface area contributed by atoms with Gasteiger partial charge in [-0.15, -0.1) is 0 Å². The van der Waals surface area contributed by atoms with Crippen LogP contribution in [0.1, 0.15) is 18.1 Å². The van der Waals surface area contributed by atoms with E-state index in [2.05, 4.69) is 24.0 Å². The molecule has 0 aliphatic heterocycles. The van der Waals surface area contributed by atoms with Crippen molar-refractivity contribution in [2.75, 3.05) is 0 Å². The maximum absolute atomic E-state index is 9.94. The Morgan fingerprint density at radius 2 is 1.70 bits per heavy atom. The Morgan fingerprint density at radius 3 is 2.39 bits per heavy atom. The normalized spacial score (nSPS) is 12.6. The van der Waals surface area contributed by atoms with E-state index in [9.17, 15) is 5.11 Å². The van der Waals surface area contributed by atoms with Crippen LogP contribution in [0.5, 0.6) is 5.95 Å². The molecule has 0 fully saturated rings. The summed E-state index contributed by atoms with van der Waals surface area (Å²) in [5, 5.41) is 9.94. The van der Waals surface area contributed by atoms with E-state index in [4.69, 9.17) is 4.42 Å². The van der Waals surface area contributed by atoms with E-state index < -0.39 is 0 Å². The Kier molecular flexibility index (Phi) is 4.57. The molecular weight excluding hydrogens is 286 g/mol. The second-order valence-corrected chi connectivity index (χ2v) is 5.55. The second kappa shape index (κ2) is 6.97. The van der Waals surface area contributed by atoms with Crippen LogP contribution >= 0.6 is 0 Å². The first kappa shape index (κ1) is 15.1. The Morgan fingerprint density at radius 1 is 1.04 bits per heavy atom. The quantitative estimate of drug-likeness (QED) is 0.694. The van der Waals surface area contributed by atoms with Crippen LogP contribution in [0.25, 0.3) is 11.3 Å². The van der Waals surface area contributed by atoms with Crippen molar-refractivity contribution < 1.29 is 9.52 Å². The molecule has 1 atom stereocenters. The summed E-state index contributed by atoms with van der Waals surface area (Å²) < 4.78 is 5.42. The molecule has 0 radical (unpaired) electrons. The molecule has 0 saturated heterocycles. The largest absolute Gasteiger partial charge is 0.480 e. The lowest BCUT2D eigenvalue weighted by molar-refractivity contribution is 0.337. The molecule has 3 nitrogen and oxygen atoms in total. The lowest BCUT2D eigenvalue weighted by atomic mass is 10.1. The SMILES string of the molecule is C[C@H](Cc1ccccc1)N=Cc1cc(-c2ccccc2)oc1O. The minimum atomic E-state index is -0.0977. The topological polar surface area (TPSA) is 45.7 Å². The number of rotatable bonds is 5. The van der Waals surface area contributed by atoms with E-state index in [1.165, 1.54) is 5.56 Å². The molecule has 0 bridgehead atoms. The number of furan rings is 1. The van der Waals surface area contributed by atoms with Gasteiger partial charge in [-0.25, -0.2) is 0 Å². The van der Waals surface area contributed by atoms with Crippen LogP contribution in [-0.2, 0) is 6.42 Å². The van der Waals surface area contributed by atoms with Crippen LogP contribution in [0.2, 0.25) is 0 Å². The van der Waals surface area contributed by atoms with Gasteiger partial charge in [0.2, 0.25) is 0 Å². The van der Waals surface area contributed by atoms with Crippen LogP contribution in [0.3, 0.4) is 0 Å². The molecule has 3 heteroatoms. The molecule has 0 saturated carbocycles. The Labute approximate surface area is 135 Å². The van der Waals surface area contributed by atoms with Crippen molar-refractivity contribution in [2.45, 2.75) is 19.4 Å². The average Bonchev–Trinajstić information content (AvgIpc) is 2.96. The highest BCUT2D eigenvalue weighted by Crippen LogP contribution is 2.28. The van der Waals surface area contributed by atoms with Gasteiger partial charge in [-0.3, -0.25) is 4.99 Å². The fourth-order valence-corrected chi connectivity index (χ4v) is 2.45. The molecule has 1 aromatic heterocycles. The molecule has 0 amide bonds. The van der Waals surface area contributed by atoms with Crippen molar-refractivity contribution in [3.8, 4) is 17.3 Å². The van der Waals surface area contributed by atoms with Crippen molar-refractivity contribution >= 4 is 6.21 Å². The highest BCUT2D eigenvalue weighted by molar-refractivity contribution is 5.84. The minimum absolute atomic E-state index is 0.0977. The number of hydrogen-bond donors (Lipinski definition) is 1. The van der Waals surface area contributed by atoms with E-state index in [0.29, 0.717) is 11.3 Å². The van der Waals surface area contributed by atoms with Gasteiger partial charge in [0.05, 0.1) is 11.6 Å². The highest BCUT2D eigenvalue weighted by Gasteiger charge is 2.10. The first-order valence-electron chi connectivity index (χ1n) is 7.67. The lowest BCUT2D eigenvalue weighted by Gasteiger charge is -2.05. The maximum Gasteiger partial charge on any atom is 0.291 e. The highest BCUT2D eigenvalue weighted by atomic mass is 16.5. The molecule has 0 unspecified atom stereocenters. The van der Waals surface area contributed by atoms with Crippen LogP contribution in [-0.4, -0.2) is 17.4 Å². The molecule has 3 aromatic rings. The van der Waals surface area contributed by atoms with E-state index in [1.54, 1.807) is 6.21 Å². The predicted octanol–water partition coefficient (Wildman–Crippen LogP) is 4.70. The molecule has 3 rings (SSSR count). The summed E-state index contributed by atoms with van der Waals surface area (Å²) in [6.45, 7) is 2.05. The van der Waals surface area contributed by atoms with Crippen molar-refractivity contribution in [1.82, 2.24) is 0 Å². The van der Waals surface area contributed by atoms with Gasteiger partial charge in [0.1, 0.15) is 5.76 Å². The summed E-state index contributed by atoms with van der Waals surface area (Å²) in [5.41, 5.74) is 2.78. The Bertz CT molecular complexity index is 776. The van der Waals surface area contributed by atoms with Gasteiger partial charge in [-0.2, -0.15) is 0 Å². The molecular formula is C20H19NO2. The van der Waals surface area contributed by atoms with Gasteiger partial charge < -0.3 is 9.52 Å². The van der Waals surface area contributed by atoms with Gasteiger partial charge in [0.15, 0.2) is 0 Å².